The third kappa shape index (κ3) is 9.24. The van der Waals surface area contributed by atoms with Gasteiger partial charge in [-0.05, 0) is 48.2 Å². The van der Waals surface area contributed by atoms with Crippen molar-refractivity contribution in [1.29, 1.82) is 0 Å². The van der Waals surface area contributed by atoms with Crippen LogP contribution in [0.25, 0.3) is 11.1 Å². The number of nitrogens with zero attached hydrogens (tertiary/aromatic N) is 1. The predicted octanol–water partition coefficient (Wildman–Crippen LogP) is 8.46. The first kappa shape index (κ1) is 24.3. The summed E-state index contributed by atoms with van der Waals surface area (Å²) in [5, 5.41) is 0. The molecule has 0 fully saturated rings. The fraction of sp³-hybridized carbons (Fsp3) is 0.571. The van der Waals surface area contributed by atoms with Crippen LogP contribution in [-0.2, 0) is 0 Å². The average Bonchev–Trinajstić information content (AvgIpc) is 2.78. The van der Waals surface area contributed by atoms with Gasteiger partial charge in [0.05, 0.1) is 0 Å². The van der Waals surface area contributed by atoms with Crippen molar-refractivity contribution in [1.82, 2.24) is 0 Å². The van der Waals surface area contributed by atoms with Crippen molar-refractivity contribution >= 4 is 11.4 Å². The molecule has 0 saturated heterocycles. The topological polar surface area (TPSA) is 29.3 Å². The number of unbranched alkanes of at least 4 members (excludes halogenated alkanes) is 10. The number of hydrogen-bond acceptors (Lipinski definition) is 2. The third-order valence-corrected chi connectivity index (χ3v) is 6.04. The first-order valence-corrected chi connectivity index (χ1v) is 12.5. The zero-order chi connectivity index (χ0) is 21.4. The Morgan fingerprint density at radius 2 is 0.933 bits per heavy atom. The summed E-state index contributed by atoms with van der Waals surface area (Å²) in [5.41, 5.74) is 10.5. The number of nitrogens with two attached hydrogens (primary N) is 1. The number of anilines is 2. The molecule has 0 atom stereocenters. The summed E-state index contributed by atoms with van der Waals surface area (Å²) in [6.45, 7) is 6.94. The van der Waals surface area contributed by atoms with Crippen molar-refractivity contribution in [3.8, 4) is 11.1 Å². The van der Waals surface area contributed by atoms with Gasteiger partial charge in [-0.3, -0.25) is 0 Å². The Morgan fingerprint density at radius 3 is 1.40 bits per heavy atom. The number of rotatable bonds is 16. The maximum absolute atomic E-state index is 5.83. The van der Waals surface area contributed by atoms with Crippen molar-refractivity contribution in [3.05, 3.63) is 48.5 Å². The molecule has 0 amide bonds. The van der Waals surface area contributed by atoms with Gasteiger partial charge in [0.15, 0.2) is 0 Å². The van der Waals surface area contributed by atoms with Gasteiger partial charge in [0, 0.05) is 24.5 Å². The first-order valence-electron chi connectivity index (χ1n) is 12.5. The summed E-state index contributed by atoms with van der Waals surface area (Å²) in [4.78, 5) is 2.62. The van der Waals surface area contributed by atoms with E-state index in [1.807, 2.05) is 12.1 Å². The molecular formula is C28H44N2. The highest BCUT2D eigenvalue weighted by atomic mass is 15.1. The zero-order valence-electron chi connectivity index (χ0n) is 19.5. The smallest absolute Gasteiger partial charge is 0.0366 e. The van der Waals surface area contributed by atoms with E-state index < -0.39 is 0 Å². The van der Waals surface area contributed by atoms with Gasteiger partial charge in [-0.1, -0.05) is 102 Å². The van der Waals surface area contributed by atoms with Gasteiger partial charge in [-0.25, -0.2) is 0 Å². The highest BCUT2D eigenvalue weighted by molar-refractivity contribution is 5.67. The molecule has 2 nitrogen and oxygen atoms in total. The van der Waals surface area contributed by atoms with E-state index in [1.165, 1.54) is 107 Å². The van der Waals surface area contributed by atoms with Gasteiger partial charge in [0.2, 0.25) is 0 Å². The van der Waals surface area contributed by atoms with Gasteiger partial charge in [0.1, 0.15) is 0 Å². The zero-order valence-corrected chi connectivity index (χ0v) is 19.5. The minimum atomic E-state index is 0.819. The van der Waals surface area contributed by atoms with Crippen LogP contribution < -0.4 is 10.6 Å². The van der Waals surface area contributed by atoms with Crippen LogP contribution in [0.1, 0.15) is 90.9 Å². The molecule has 0 aliphatic rings. The Balaban J connectivity index is 1.91. The molecule has 30 heavy (non-hydrogen) atoms. The molecule has 166 valence electrons. The van der Waals surface area contributed by atoms with Gasteiger partial charge >= 0.3 is 0 Å². The van der Waals surface area contributed by atoms with E-state index in [4.69, 9.17) is 5.73 Å². The monoisotopic (exact) mass is 408 g/mol. The van der Waals surface area contributed by atoms with E-state index >= 15 is 0 Å². The predicted molar refractivity (Wildman–Crippen MR) is 135 cm³/mol. The van der Waals surface area contributed by atoms with E-state index in [-0.39, 0.29) is 0 Å². The standard InChI is InChI=1S/C28H44N2/c1-3-5-7-9-11-13-23-30(24-14-12-10-8-6-4-2)28-21-17-26(18-22-28)25-15-19-27(29)20-16-25/h15-22H,3-14,23-24,29H2,1-2H3. The number of benzene rings is 2. The van der Waals surface area contributed by atoms with Crippen molar-refractivity contribution in [2.45, 2.75) is 90.9 Å². The average molecular weight is 409 g/mol. The fourth-order valence-corrected chi connectivity index (χ4v) is 4.08. The molecule has 0 aliphatic heterocycles. The van der Waals surface area contributed by atoms with E-state index in [1.54, 1.807) is 0 Å². The van der Waals surface area contributed by atoms with Crippen LogP contribution in [0.5, 0.6) is 0 Å². The molecule has 0 aromatic heterocycles. The maximum Gasteiger partial charge on any atom is 0.0366 e. The molecule has 0 bridgehead atoms. The SMILES string of the molecule is CCCCCCCCN(CCCCCCCC)c1ccc(-c2ccc(N)cc2)cc1. The fourth-order valence-electron chi connectivity index (χ4n) is 4.08. The van der Waals surface area contributed by atoms with Crippen LogP contribution in [0.15, 0.2) is 48.5 Å². The van der Waals surface area contributed by atoms with Gasteiger partial charge in [-0.15, -0.1) is 0 Å². The van der Waals surface area contributed by atoms with Crippen molar-refractivity contribution in [3.63, 3.8) is 0 Å². The molecule has 0 heterocycles. The number of nitrogen functional groups attached to an aromatic ring is 1. The lowest BCUT2D eigenvalue weighted by Crippen LogP contribution is -2.25. The molecule has 0 unspecified atom stereocenters. The quantitative estimate of drug-likeness (QED) is 0.223. The van der Waals surface area contributed by atoms with Crippen LogP contribution in [0.2, 0.25) is 0 Å². The lowest BCUT2D eigenvalue weighted by molar-refractivity contribution is 0.575. The Kier molecular flexibility index (Phi) is 12.1. The summed E-state index contributed by atoms with van der Waals surface area (Å²) in [6, 6.07) is 17.3. The lowest BCUT2D eigenvalue weighted by Gasteiger charge is -2.25. The van der Waals surface area contributed by atoms with Crippen LogP contribution >= 0.6 is 0 Å². The molecule has 0 spiro atoms. The van der Waals surface area contributed by atoms with Crippen LogP contribution in [0.4, 0.5) is 11.4 Å². The Bertz CT molecular complexity index is 644. The highest BCUT2D eigenvalue weighted by Crippen LogP contribution is 2.25. The number of hydrogen-bond donors (Lipinski definition) is 1. The second-order valence-corrected chi connectivity index (χ2v) is 8.69. The molecule has 2 N–H and O–H groups in total. The molecule has 2 rings (SSSR count). The van der Waals surface area contributed by atoms with E-state index in [2.05, 4.69) is 55.1 Å². The van der Waals surface area contributed by atoms with Gasteiger partial charge < -0.3 is 10.6 Å². The lowest BCUT2D eigenvalue weighted by atomic mass is 10.0. The molecule has 0 aliphatic carbocycles. The first-order chi connectivity index (χ1) is 14.7. The molecule has 0 radical (unpaired) electrons. The van der Waals surface area contributed by atoms with Crippen LogP contribution in [-0.4, -0.2) is 13.1 Å². The van der Waals surface area contributed by atoms with Crippen LogP contribution in [0.3, 0.4) is 0 Å². The molecule has 2 heteroatoms. The normalized spacial score (nSPS) is 11.0. The largest absolute Gasteiger partial charge is 0.399 e. The van der Waals surface area contributed by atoms with Crippen molar-refractivity contribution in [2.75, 3.05) is 23.7 Å². The molecule has 2 aromatic rings. The van der Waals surface area contributed by atoms with E-state index in [0.29, 0.717) is 0 Å². The van der Waals surface area contributed by atoms with E-state index in [9.17, 15) is 0 Å². The third-order valence-electron chi connectivity index (χ3n) is 6.04. The van der Waals surface area contributed by atoms with Crippen molar-refractivity contribution in [2.24, 2.45) is 0 Å². The molecular weight excluding hydrogens is 364 g/mol. The second-order valence-electron chi connectivity index (χ2n) is 8.69. The highest BCUT2D eigenvalue weighted by Gasteiger charge is 2.07. The van der Waals surface area contributed by atoms with Gasteiger partial charge in [-0.2, -0.15) is 0 Å². The minimum absolute atomic E-state index is 0.819. The minimum Gasteiger partial charge on any atom is -0.399 e. The van der Waals surface area contributed by atoms with Crippen molar-refractivity contribution < 1.29 is 0 Å². The Morgan fingerprint density at radius 1 is 0.533 bits per heavy atom. The summed E-state index contributed by atoms with van der Waals surface area (Å²) >= 11 is 0. The Labute approximate surface area is 185 Å². The molecule has 0 saturated carbocycles. The van der Waals surface area contributed by atoms with E-state index in [0.717, 1.165) is 5.69 Å². The summed E-state index contributed by atoms with van der Waals surface area (Å²) in [6.07, 6.45) is 16.3. The summed E-state index contributed by atoms with van der Waals surface area (Å²) in [7, 11) is 0. The molecule has 2 aromatic carbocycles. The summed E-state index contributed by atoms with van der Waals surface area (Å²) < 4.78 is 0. The summed E-state index contributed by atoms with van der Waals surface area (Å²) in [5.74, 6) is 0. The Hall–Kier alpha value is -1.96. The van der Waals surface area contributed by atoms with Gasteiger partial charge in [0.25, 0.3) is 0 Å². The van der Waals surface area contributed by atoms with Crippen LogP contribution in [0, 0.1) is 0 Å². The maximum atomic E-state index is 5.83. The second kappa shape index (κ2) is 14.9.